The van der Waals surface area contributed by atoms with E-state index < -0.39 is 35.9 Å². The Morgan fingerprint density at radius 1 is 1.35 bits per heavy atom. The Balaban J connectivity index is 1.95. The highest BCUT2D eigenvalue weighted by atomic mass is 19.1. The number of carboxylic acid groups (broad SMARTS) is 1. The number of rotatable bonds is 4. The van der Waals surface area contributed by atoms with Crippen molar-refractivity contribution in [1.29, 1.82) is 0 Å². The molecule has 2 N–H and O–H groups in total. The monoisotopic (exact) mass is 281 g/mol. The summed E-state index contributed by atoms with van der Waals surface area (Å²) < 4.78 is 18.7. The Bertz CT molecular complexity index is 520. The Morgan fingerprint density at radius 3 is 2.60 bits per heavy atom. The maximum absolute atomic E-state index is 13.6. The second-order valence-electron chi connectivity index (χ2n) is 4.78. The lowest BCUT2D eigenvalue weighted by atomic mass is 10.1. The van der Waals surface area contributed by atoms with Gasteiger partial charge in [0.05, 0.1) is 6.04 Å². The molecule has 2 rings (SSSR count). The Labute approximate surface area is 115 Å². The van der Waals surface area contributed by atoms with E-state index in [1.807, 2.05) is 0 Å². The average Bonchev–Trinajstić information content (AvgIpc) is 2.88. The first kappa shape index (κ1) is 14.5. The molecule has 0 aromatic heterocycles. The van der Waals surface area contributed by atoms with E-state index in [2.05, 4.69) is 5.32 Å². The molecular formula is C14H16FNO4. The maximum Gasteiger partial charge on any atom is 0.332 e. The van der Waals surface area contributed by atoms with Crippen LogP contribution < -0.4 is 5.32 Å². The van der Waals surface area contributed by atoms with Crippen LogP contribution in [-0.4, -0.2) is 29.2 Å². The van der Waals surface area contributed by atoms with E-state index in [1.165, 1.54) is 6.07 Å². The second kappa shape index (κ2) is 6.00. The highest BCUT2D eigenvalue weighted by Gasteiger charge is 2.35. The van der Waals surface area contributed by atoms with Crippen LogP contribution in [-0.2, 0) is 14.3 Å². The van der Waals surface area contributed by atoms with E-state index >= 15 is 0 Å². The van der Waals surface area contributed by atoms with E-state index in [4.69, 9.17) is 9.84 Å². The van der Waals surface area contributed by atoms with Gasteiger partial charge in [0.1, 0.15) is 11.9 Å². The van der Waals surface area contributed by atoms with Crippen LogP contribution in [0.1, 0.15) is 31.4 Å². The normalized spacial score (nSPS) is 23.3. The van der Waals surface area contributed by atoms with Crippen molar-refractivity contribution in [2.75, 3.05) is 0 Å². The number of aliphatic carboxylic acids is 1. The Morgan fingerprint density at radius 2 is 2.00 bits per heavy atom. The predicted octanol–water partition coefficient (Wildman–Crippen LogP) is 1.64. The van der Waals surface area contributed by atoms with E-state index in [1.54, 1.807) is 25.1 Å². The van der Waals surface area contributed by atoms with Gasteiger partial charge in [0.25, 0.3) is 0 Å². The van der Waals surface area contributed by atoms with Crippen LogP contribution in [0.5, 0.6) is 0 Å². The number of amides is 1. The molecule has 1 fully saturated rings. The third-order valence-electron chi connectivity index (χ3n) is 3.32. The number of hydrogen-bond donors (Lipinski definition) is 2. The van der Waals surface area contributed by atoms with Gasteiger partial charge in [-0.2, -0.15) is 0 Å². The summed E-state index contributed by atoms with van der Waals surface area (Å²) in [5, 5.41) is 11.4. The summed E-state index contributed by atoms with van der Waals surface area (Å²) in [7, 11) is 0. The zero-order valence-electron chi connectivity index (χ0n) is 11.0. The molecule has 0 aliphatic carbocycles. The van der Waals surface area contributed by atoms with Crippen molar-refractivity contribution in [1.82, 2.24) is 5.32 Å². The topological polar surface area (TPSA) is 75.6 Å². The number of carbonyl (C=O) groups is 2. The van der Waals surface area contributed by atoms with Crippen molar-refractivity contribution < 1.29 is 23.8 Å². The van der Waals surface area contributed by atoms with Crippen LogP contribution in [0.2, 0.25) is 0 Å². The zero-order valence-corrected chi connectivity index (χ0v) is 11.0. The molecule has 0 saturated carbocycles. The lowest BCUT2D eigenvalue weighted by molar-refractivity contribution is -0.151. The smallest absolute Gasteiger partial charge is 0.332 e. The molecule has 20 heavy (non-hydrogen) atoms. The summed E-state index contributed by atoms with van der Waals surface area (Å²) in [6, 6.07) is 5.68. The standard InChI is InChI=1S/C14H16FNO4/c1-8(9-4-2-3-5-10(9)15)16-13(17)11-6-7-12(20-11)14(18)19/h2-5,8,11-12H,6-7H2,1H3,(H,16,17)(H,18,19)/t8-,11?,12?/m0/s1. The highest BCUT2D eigenvalue weighted by molar-refractivity contribution is 5.83. The zero-order chi connectivity index (χ0) is 14.7. The van der Waals surface area contributed by atoms with Crippen LogP contribution >= 0.6 is 0 Å². The van der Waals surface area contributed by atoms with E-state index in [9.17, 15) is 14.0 Å². The number of carboxylic acids is 1. The van der Waals surface area contributed by atoms with Crippen molar-refractivity contribution in [3.63, 3.8) is 0 Å². The molecule has 3 atom stereocenters. The number of hydrogen-bond acceptors (Lipinski definition) is 3. The quantitative estimate of drug-likeness (QED) is 0.879. The summed E-state index contributed by atoms with van der Waals surface area (Å²) in [5.74, 6) is -1.87. The van der Waals surface area contributed by atoms with Gasteiger partial charge in [0.15, 0.2) is 6.10 Å². The largest absolute Gasteiger partial charge is 0.479 e. The molecule has 1 aromatic carbocycles. The molecule has 2 unspecified atom stereocenters. The number of carbonyl (C=O) groups excluding carboxylic acids is 1. The fourth-order valence-corrected chi connectivity index (χ4v) is 2.22. The minimum Gasteiger partial charge on any atom is -0.479 e. The molecule has 108 valence electrons. The summed E-state index contributed by atoms with van der Waals surface area (Å²) in [6.07, 6.45) is -1.06. The minimum atomic E-state index is -1.07. The molecule has 6 heteroatoms. The molecule has 0 radical (unpaired) electrons. The maximum atomic E-state index is 13.6. The predicted molar refractivity (Wildman–Crippen MR) is 68.5 cm³/mol. The molecule has 1 saturated heterocycles. The Hall–Kier alpha value is -1.95. The fourth-order valence-electron chi connectivity index (χ4n) is 2.22. The van der Waals surface area contributed by atoms with E-state index in [0.717, 1.165) is 0 Å². The van der Waals surface area contributed by atoms with Gasteiger partial charge in [-0.15, -0.1) is 0 Å². The first-order chi connectivity index (χ1) is 9.49. The fraction of sp³-hybridized carbons (Fsp3) is 0.429. The molecule has 1 aliphatic heterocycles. The van der Waals surface area contributed by atoms with Crippen LogP contribution in [0.4, 0.5) is 4.39 Å². The number of ether oxygens (including phenoxy) is 1. The van der Waals surface area contributed by atoms with Crippen molar-refractivity contribution >= 4 is 11.9 Å². The van der Waals surface area contributed by atoms with Gasteiger partial charge in [-0.05, 0) is 25.8 Å². The van der Waals surface area contributed by atoms with Crippen LogP contribution in [0, 0.1) is 5.82 Å². The number of halogens is 1. The van der Waals surface area contributed by atoms with Crippen LogP contribution in [0.15, 0.2) is 24.3 Å². The van der Waals surface area contributed by atoms with Gasteiger partial charge in [0.2, 0.25) is 5.91 Å². The molecule has 1 amide bonds. The third-order valence-corrected chi connectivity index (χ3v) is 3.32. The van der Waals surface area contributed by atoms with E-state index in [-0.39, 0.29) is 0 Å². The van der Waals surface area contributed by atoms with E-state index in [0.29, 0.717) is 18.4 Å². The molecule has 1 aromatic rings. The van der Waals surface area contributed by atoms with Crippen molar-refractivity contribution in [3.05, 3.63) is 35.6 Å². The molecule has 0 bridgehead atoms. The van der Waals surface area contributed by atoms with Gasteiger partial charge in [-0.3, -0.25) is 4.79 Å². The lowest BCUT2D eigenvalue weighted by Gasteiger charge is -2.18. The second-order valence-corrected chi connectivity index (χ2v) is 4.78. The molecule has 1 aliphatic rings. The number of benzene rings is 1. The third kappa shape index (κ3) is 3.14. The summed E-state index contributed by atoms with van der Waals surface area (Å²) >= 11 is 0. The average molecular weight is 281 g/mol. The SMILES string of the molecule is C[C@H](NC(=O)C1CCC(C(=O)O)O1)c1ccccc1F. The van der Waals surface area contributed by atoms with Gasteiger partial charge < -0.3 is 15.2 Å². The Kier molecular flexibility index (Phi) is 4.34. The van der Waals surface area contributed by atoms with Gasteiger partial charge >= 0.3 is 5.97 Å². The van der Waals surface area contributed by atoms with Gasteiger partial charge in [0, 0.05) is 5.56 Å². The first-order valence-corrected chi connectivity index (χ1v) is 6.42. The first-order valence-electron chi connectivity index (χ1n) is 6.42. The summed E-state index contributed by atoms with van der Waals surface area (Å²) in [6.45, 7) is 1.67. The van der Waals surface area contributed by atoms with Crippen molar-refractivity contribution in [2.45, 2.75) is 38.0 Å². The molecule has 0 spiro atoms. The highest BCUT2D eigenvalue weighted by Crippen LogP contribution is 2.22. The van der Waals surface area contributed by atoms with Crippen molar-refractivity contribution in [3.8, 4) is 0 Å². The summed E-state index contributed by atoms with van der Waals surface area (Å²) in [5.41, 5.74) is 0.383. The molecule has 1 heterocycles. The molecule has 5 nitrogen and oxygen atoms in total. The van der Waals surface area contributed by atoms with Gasteiger partial charge in [-0.1, -0.05) is 18.2 Å². The summed E-state index contributed by atoms with van der Waals surface area (Å²) in [4.78, 5) is 22.7. The van der Waals surface area contributed by atoms with Crippen LogP contribution in [0.3, 0.4) is 0 Å². The molecular weight excluding hydrogens is 265 g/mol. The lowest BCUT2D eigenvalue weighted by Crippen LogP contribution is -2.37. The minimum absolute atomic E-state index is 0.307. The number of nitrogens with one attached hydrogen (secondary N) is 1. The van der Waals surface area contributed by atoms with Gasteiger partial charge in [-0.25, -0.2) is 9.18 Å². The van der Waals surface area contributed by atoms with Crippen molar-refractivity contribution in [2.24, 2.45) is 0 Å². The van der Waals surface area contributed by atoms with Crippen LogP contribution in [0.25, 0.3) is 0 Å².